The van der Waals surface area contributed by atoms with Crippen molar-refractivity contribution in [1.82, 2.24) is 20.2 Å². The molecule has 1 aromatic carbocycles. The van der Waals surface area contributed by atoms with Crippen LogP contribution in [0.1, 0.15) is 22.3 Å². The highest BCUT2D eigenvalue weighted by atomic mass is 32.2. The maximum absolute atomic E-state index is 11.4. The summed E-state index contributed by atoms with van der Waals surface area (Å²) in [5.41, 5.74) is 7.96. The van der Waals surface area contributed by atoms with Crippen molar-refractivity contribution in [3.63, 3.8) is 0 Å². The number of carbonyl (C=O) groups is 1. The maximum Gasteiger partial charge on any atom is 0.250 e. The van der Waals surface area contributed by atoms with Crippen molar-refractivity contribution in [2.45, 2.75) is 17.8 Å². The number of aromatic nitrogens is 4. The number of hydrogen-bond donors (Lipinski definition) is 3. The Balaban J connectivity index is 1.74. The summed E-state index contributed by atoms with van der Waals surface area (Å²) in [5.74, 6) is 0.139. The Kier molecular flexibility index (Phi) is 4.30. The Morgan fingerprint density at radius 2 is 2.30 bits per heavy atom. The lowest BCUT2D eigenvalue weighted by Gasteiger charge is -1.96. The van der Waals surface area contributed by atoms with Crippen LogP contribution in [0.4, 0.5) is 5.13 Å². The van der Waals surface area contributed by atoms with E-state index in [9.17, 15) is 4.79 Å². The van der Waals surface area contributed by atoms with E-state index in [0.29, 0.717) is 27.1 Å². The molecule has 0 aliphatic rings. The standard InChI is InChI=1S/C14H14N6OS2/c1-7(2)16-14-20-19-10(23-14)6-22-13-17-9-5-3-4-8(12(15)21)11(9)18-13/h3-5H,1,6H2,2H3,(H2,15,21)(H,16,20)(H,17,18). The molecule has 2 heterocycles. The number of rotatable bonds is 6. The zero-order chi connectivity index (χ0) is 16.4. The molecule has 0 aliphatic heterocycles. The van der Waals surface area contributed by atoms with Crippen LogP contribution in [0, 0.1) is 0 Å². The molecular weight excluding hydrogens is 332 g/mol. The summed E-state index contributed by atoms with van der Waals surface area (Å²) in [6, 6.07) is 5.30. The first-order valence-electron chi connectivity index (χ1n) is 6.69. The third kappa shape index (κ3) is 3.51. The number of H-pyrrole nitrogens is 1. The fraction of sp³-hybridized carbons (Fsp3) is 0.143. The van der Waals surface area contributed by atoms with Crippen molar-refractivity contribution in [3.05, 3.63) is 41.0 Å². The smallest absolute Gasteiger partial charge is 0.250 e. The minimum Gasteiger partial charge on any atom is -0.366 e. The predicted octanol–water partition coefficient (Wildman–Crippen LogP) is 2.75. The largest absolute Gasteiger partial charge is 0.366 e. The molecule has 7 nitrogen and oxygen atoms in total. The zero-order valence-electron chi connectivity index (χ0n) is 12.3. The predicted molar refractivity (Wildman–Crippen MR) is 92.5 cm³/mol. The molecule has 2 aromatic heterocycles. The van der Waals surface area contributed by atoms with E-state index in [1.165, 1.54) is 23.1 Å². The molecule has 4 N–H and O–H groups in total. The second-order valence-electron chi connectivity index (χ2n) is 4.80. The monoisotopic (exact) mass is 346 g/mol. The number of nitrogens with two attached hydrogens (primary N) is 1. The molecule has 23 heavy (non-hydrogen) atoms. The first-order valence-corrected chi connectivity index (χ1v) is 8.49. The number of aromatic amines is 1. The normalized spacial score (nSPS) is 10.8. The molecule has 0 radical (unpaired) electrons. The van der Waals surface area contributed by atoms with Gasteiger partial charge in [0.1, 0.15) is 10.5 Å². The van der Waals surface area contributed by atoms with Gasteiger partial charge in [-0.15, -0.1) is 10.2 Å². The van der Waals surface area contributed by atoms with E-state index in [2.05, 4.69) is 32.1 Å². The van der Waals surface area contributed by atoms with E-state index in [4.69, 9.17) is 5.73 Å². The summed E-state index contributed by atoms with van der Waals surface area (Å²) in [4.78, 5) is 19.0. The molecule has 3 rings (SSSR count). The molecule has 0 saturated carbocycles. The van der Waals surface area contributed by atoms with Crippen LogP contribution in [0.5, 0.6) is 0 Å². The lowest BCUT2D eigenvalue weighted by molar-refractivity contribution is 0.100. The maximum atomic E-state index is 11.4. The number of para-hydroxylation sites is 1. The number of primary amides is 1. The van der Waals surface area contributed by atoms with Crippen LogP contribution >= 0.6 is 23.1 Å². The molecule has 3 aromatic rings. The van der Waals surface area contributed by atoms with E-state index in [1.54, 1.807) is 12.1 Å². The minimum atomic E-state index is -0.488. The number of nitrogens with one attached hydrogen (secondary N) is 2. The van der Waals surface area contributed by atoms with Crippen LogP contribution in [0.15, 0.2) is 35.6 Å². The van der Waals surface area contributed by atoms with Crippen LogP contribution in [-0.4, -0.2) is 26.1 Å². The van der Waals surface area contributed by atoms with Gasteiger partial charge in [0.15, 0.2) is 5.16 Å². The molecule has 0 atom stereocenters. The first-order chi connectivity index (χ1) is 11.0. The quantitative estimate of drug-likeness (QED) is 0.592. The van der Waals surface area contributed by atoms with Gasteiger partial charge in [-0.1, -0.05) is 35.7 Å². The first kappa shape index (κ1) is 15.5. The number of fused-ring (bicyclic) bond motifs is 1. The lowest BCUT2D eigenvalue weighted by atomic mass is 10.2. The Labute approximate surface area is 140 Å². The van der Waals surface area contributed by atoms with Crippen LogP contribution in [0.2, 0.25) is 0 Å². The Morgan fingerprint density at radius 1 is 1.48 bits per heavy atom. The molecule has 0 bridgehead atoms. The molecule has 118 valence electrons. The van der Waals surface area contributed by atoms with E-state index < -0.39 is 5.91 Å². The summed E-state index contributed by atoms with van der Waals surface area (Å²) in [6.45, 7) is 5.63. The number of nitrogens with zero attached hydrogens (tertiary/aromatic N) is 3. The lowest BCUT2D eigenvalue weighted by Crippen LogP contribution is -2.11. The SMILES string of the molecule is C=C(C)Nc1nnc(CSc2nc3c(C(N)=O)cccc3[nH]2)s1. The van der Waals surface area contributed by atoms with Crippen molar-refractivity contribution < 1.29 is 4.79 Å². The Morgan fingerprint density at radius 3 is 3.04 bits per heavy atom. The van der Waals surface area contributed by atoms with Gasteiger partial charge in [0.25, 0.3) is 5.91 Å². The number of carbonyl (C=O) groups excluding carboxylic acids is 1. The van der Waals surface area contributed by atoms with Crippen LogP contribution in [0.3, 0.4) is 0 Å². The fourth-order valence-corrected chi connectivity index (χ4v) is 3.63. The molecule has 0 fully saturated rings. The summed E-state index contributed by atoms with van der Waals surface area (Å²) in [7, 11) is 0. The summed E-state index contributed by atoms with van der Waals surface area (Å²) < 4.78 is 0. The second kappa shape index (κ2) is 6.39. The van der Waals surface area contributed by atoms with Gasteiger partial charge in [-0.3, -0.25) is 4.79 Å². The number of amides is 1. The topological polar surface area (TPSA) is 110 Å². The fourth-order valence-electron chi connectivity index (χ4n) is 1.95. The van der Waals surface area contributed by atoms with E-state index in [1.807, 2.05) is 13.0 Å². The average Bonchev–Trinajstić information content (AvgIpc) is 3.09. The number of benzene rings is 1. The van der Waals surface area contributed by atoms with E-state index in [-0.39, 0.29) is 0 Å². The van der Waals surface area contributed by atoms with E-state index >= 15 is 0 Å². The number of allylic oxidation sites excluding steroid dienone is 1. The number of anilines is 1. The molecule has 9 heteroatoms. The van der Waals surface area contributed by atoms with Gasteiger partial charge in [-0.25, -0.2) is 4.98 Å². The highest BCUT2D eigenvalue weighted by molar-refractivity contribution is 7.98. The van der Waals surface area contributed by atoms with Gasteiger partial charge >= 0.3 is 0 Å². The van der Waals surface area contributed by atoms with Gasteiger partial charge in [-0.2, -0.15) is 0 Å². The van der Waals surface area contributed by atoms with Gasteiger partial charge < -0.3 is 16.0 Å². The minimum absolute atomic E-state index is 0.412. The van der Waals surface area contributed by atoms with Crippen molar-refractivity contribution >= 4 is 45.2 Å². The summed E-state index contributed by atoms with van der Waals surface area (Å²) in [5, 5.41) is 13.5. The van der Waals surface area contributed by atoms with Crippen molar-refractivity contribution in [3.8, 4) is 0 Å². The van der Waals surface area contributed by atoms with Crippen LogP contribution in [0.25, 0.3) is 11.0 Å². The van der Waals surface area contributed by atoms with Gasteiger partial charge in [0.2, 0.25) is 5.13 Å². The summed E-state index contributed by atoms with van der Waals surface area (Å²) in [6.07, 6.45) is 0. The third-order valence-corrected chi connectivity index (χ3v) is 4.78. The number of imidazole rings is 1. The molecule has 0 unspecified atom stereocenters. The molecule has 0 spiro atoms. The molecule has 0 aliphatic carbocycles. The Bertz CT molecular complexity index is 884. The van der Waals surface area contributed by atoms with Crippen LogP contribution < -0.4 is 11.1 Å². The Hall–Kier alpha value is -2.39. The third-order valence-electron chi connectivity index (χ3n) is 2.88. The van der Waals surface area contributed by atoms with Gasteiger partial charge in [0.05, 0.1) is 16.8 Å². The summed E-state index contributed by atoms with van der Waals surface area (Å²) >= 11 is 2.96. The molecule has 1 amide bonds. The van der Waals surface area contributed by atoms with Crippen molar-refractivity contribution in [2.75, 3.05) is 5.32 Å². The molecular formula is C14H14N6OS2. The van der Waals surface area contributed by atoms with Crippen molar-refractivity contribution in [2.24, 2.45) is 5.73 Å². The zero-order valence-corrected chi connectivity index (χ0v) is 13.9. The highest BCUT2D eigenvalue weighted by Crippen LogP contribution is 2.27. The average molecular weight is 346 g/mol. The van der Waals surface area contributed by atoms with E-state index in [0.717, 1.165) is 16.2 Å². The van der Waals surface area contributed by atoms with Crippen LogP contribution in [-0.2, 0) is 5.75 Å². The number of hydrogen-bond acceptors (Lipinski definition) is 7. The number of thioether (sulfide) groups is 1. The van der Waals surface area contributed by atoms with Gasteiger partial charge in [0, 0.05) is 5.70 Å². The molecule has 0 saturated heterocycles. The second-order valence-corrected chi connectivity index (χ2v) is 6.83. The highest BCUT2D eigenvalue weighted by Gasteiger charge is 2.12. The van der Waals surface area contributed by atoms with Crippen molar-refractivity contribution in [1.29, 1.82) is 0 Å². The van der Waals surface area contributed by atoms with Gasteiger partial charge in [-0.05, 0) is 19.1 Å².